The lowest BCUT2D eigenvalue weighted by atomic mass is 9.82. The van der Waals surface area contributed by atoms with Crippen molar-refractivity contribution in [1.82, 2.24) is 4.98 Å². The summed E-state index contributed by atoms with van der Waals surface area (Å²) in [5.74, 6) is 0.996. The second kappa shape index (κ2) is 6.04. The maximum Gasteiger partial charge on any atom is 0.339 e. The van der Waals surface area contributed by atoms with Crippen LogP contribution in [0.15, 0.2) is 12.1 Å². The molecule has 4 nitrogen and oxygen atoms in total. The van der Waals surface area contributed by atoms with Crippen molar-refractivity contribution in [3.63, 3.8) is 0 Å². The highest BCUT2D eigenvalue weighted by Crippen LogP contribution is 2.28. The molecule has 0 amide bonds. The van der Waals surface area contributed by atoms with Gasteiger partial charge in [-0.2, -0.15) is 0 Å². The van der Waals surface area contributed by atoms with Gasteiger partial charge in [-0.15, -0.1) is 0 Å². The van der Waals surface area contributed by atoms with Crippen molar-refractivity contribution in [3.8, 4) is 0 Å². The molecule has 4 heteroatoms. The summed E-state index contributed by atoms with van der Waals surface area (Å²) in [6.07, 6.45) is 5.05. The number of carbonyl (C=O) groups is 1. The molecule has 2 atom stereocenters. The average molecular weight is 262 g/mol. The number of rotatable bonds is 4. The van der Waals surface area contributed by atoms with E-state index in [1.54, 1.807) is 12.1 Å². The molecule has 1 fully saturated rings. The minimum atomic E-state index is -0.924. The van der Waals surface area contributed by atoms with Gasteiger partial charge in [-0.3, -0.25) is 0 Å². The number of pyridine rings is 1. The van der Waals surface area contributed by atoms with E-state index in [9.17, 15) is 4.79 Å². The molecular formula is C15H22N2O2. The van der Waals surface area contributed by atoms with Gasteiger partial charge in [0.1, 0.15) is 11.4 Å². The van der Waals surface area contributed by atoms with Crippen LogP contribution in [0.4, 0.5) is 5.82 Å². The zero-order valence-corrected chi connectivity index (χ0v) is 11.6. The van der Waals surface area contributed by atoms with Gasteiger partial charge in [0.2, 0.25) is 0 Å². The second-order valence-corrected chi connectivity index (χ2v) is 5.67. The van der Waals surface area contributed by atoms with E-state index >= 15 is 0 Å². The first-order chi connectivity index (χ1) is 9.06. The molecule has 0 radical (unpaired) electrons. The topological polar surface area (TPSA) is 62.2 Å². The number of nitrogens with one attached hydrogen (secondary N) is 1. The molecule has 0 aromatic carbocycles. The third kappa shape index (κ3) is 3.69. The first-order valence-corrected chi connectivity index (χ1v) is 7.01. The normalized spacial score (nSPS) is 23.1. The number of aryl methyl sites for hydroxylation is 1. The van der Waals surface area contributed by atoms with E-state index in [4.69, 9.17) is 5.11 Å². The van der Waals surface area contributed by atoms with Crippen molar-refractivity contribution >= 4 is 11.8 Å². The lowest BCUT2D eigenvalue weighted by Gasteiger charge is -2.27. The first kappa shape index (κ1) is 13.8. The molecule has 2 rings (SSSR count). The fraction of sp³-hybridized carbons (Fsp3) is 0.600. The maximum atomic E-state index is 11.2. The molecule has 0 spiro atoms. The molecule has 0 bridgehead atoms. The van der Waals surface area contributed by atoms with Crippen LogP contribution in [0.5, 0.6) is 0 Å². The molecule has 1 aliphatic rings. The van der Waals surface area contributed by atoms with Crippen LogP contribution in [0.25, 0.3) is 0 Å². The van der Waals surface area contributed by atoms with Crippen molar-refractivity contribution in [2.24, 2.45) is 11.8 Å². The summed E-state index contributed by atoms with van der Waals surface area (Å²) >= 11 is 0. The van der Waals surface area contributed by atoms with Gasteiger partial charge in [0, 0.05) is 12.2 Å². The highest BCUT2D eigenvalue weighted by Gasteiger charge is 2.19. The van der Waals surface area contributed by atoms with Crippen molar-refractivity contribution < 1.29 is 9.90 Å². The number of carboxylic acid groups (broad SMARTS) is 1. The smallest absolute Gasteiger partial charge is 0.339 e. The molecule has 2 unspecified atom stereocenters. The zero-order chi connectivity index (χ0) is 13.8. The van der Waals surface area contributed by atoms with Crippen LogP contribution < -0.4 is 5.32 Å². The van der Waals surface area contributed by atoms with E-state index in [2.05, 4.69) is 17.2 Å². The SMILES string of the molecule is Cc1ccc(C(=O)O)c(NCC2CCCC(C)C2)n1. The Kier molecular flexibility index (Phi) is 4.40. The summed E-state index contributed by atoms with van der Waals surface area (Å²) in [6, 6.07) is 3.35. The Balaban J connectivity index is 2.02. The molecule has 1 saturated carbocycles. The molecule has 2 N–H and O–H groups in total. The fourth-order valence-corrected chi connectivity index (χ4v) is 2.85. The van der Waals surface area contributed by atoms with Gasteiger partial charge in [-0.25, -0.2) is 9.78 Å². The molecule has 0 aliphatic heterocycles. The monoisotopic (exact) mass is 262 g/mol. The van der Waals surface area contributed by atoms with E-state index in [0.29, 0.717) is 11.7 Å². The minimum absolute atomic E-state index is 0.259. The molecule has 1 heterocycles. The third-order valence-electron chi connectivity index (χ3n) is 3.87. The predicted octanol–water partition coefficient (Wildman–Crippen LogP) is 3.33. The van der Waals surface area contributed by atoms with Crippen molar-refractivity contribution in [1.29, 1.82) is 0 Å². The summed E-state index contributed by atoms with van der Waals surface area (Å²) in [5.41, 5.74) is 1.10. The molecule has 0 saturated heterocycles. The molecular weight excluding hydrogens is 240 g/mol. The number of hydrogen-bond donors (Lipinski definition) is 2. The highest BCUT2D eigenvalue weighted by atomic mass is 16.4. The van der Waals surface area contributed by atoms with Crippen LogP contribution in [-0.4, -0.2) is 22.6 Å². The van der Waals surface area contributed by atoms with E-state index in [1.165, 1.54) is 25.7 Å². The summed E-state index contributed by atoms with van der Waals surface area (Å²) in [7, 11) is 0. The van der Waals surface area contributed by atoms with E-state index in [0.717, 1.165) is 18.2 Å². The third-order valence-corrected chi connectivity index (χ3v) is 3.87. The number of hydrogen-bond acceptors (Lipinski definition) is 3. The number of nitrogens with zero attached hydrogens (tertiary/aromatic N) is 1. The quantitative estimate of drug-likeness (QED) is 0.873. The summed E-state index contributed by atoms with van der Waals surface area (Å²) in [4.78, 5) is 15.5. The van der Waals surface area contributed by atoms with Crippen LogP contribution in [-0.2, 0) is 0 Å². The Morgan fingerprint density at radius 3 is 2.95 bits per heavy atom. The maximum absolute atomic E-state index is 11.2. The average Bonchev–Trinajstić information content (AvgIpc) is 2.36. The van der Waals surface area contributed by atoms with Gasteiger partial charge >= 0.3 is 5.97 Å². The number of aromatic carboxylic acids is 1. The Hall–Kier alpha value is -1.58. The summed E-state index contributed by atoms with van der Waals surface area (Å²) < 4.78 is 0. The molecule has 1 aliphatic carbocycles. The number of aromatic nitrogens is 1. The van der Waals surface area contributed by atoms with Crippen LogP contribution in [0.1, 0.15) is 48.7 Å². The molecule has 1 aromatic rings. The Labute approximate surface area is 114 Å². The Bertz CT molecular complexity index is 459. The molecule has 19 heavy (non-hydrogen) atoms. The van der Waals surface area contributed by atoms with Gasteiger partial charge in [0.15, 0.2) is 0 Å². The van der Waals surface area contributed by atoms with Crippen LogP contribution in [0.3, 0.4) is 0 Å². The van der Waals surface area contributed by atoms with E-state index in [1.807, 2.05) is 6.92 Å². The largest absolute Gasteiger partial charge is 0.478 e. The highest BCUT2D eigenvalue weighted by molar-refractivity contribution is 5.93. The van der Waals surface area contributed by atoms with Crippen molar-refractivity contribution in [3.05, 3.63) is 23.4 Å². The number of anilines is 1. The van der Waals surface area contributed by atoms with Crippen LogP contribution in [0.2, 0.25) is 0 Å². The summed E-state index contributed by atoms with van der Waals surface area (Å²) in [6.45, 7) is 4.99. The number of carboxylic acids is 1. The Morgan fingerprint density at radius 2 is 2.26 bits per heavy atom. The minimum Gasteiger partial charge on any atom is -0.478 e. The molecule has 1 aromatic heterocycles. The van der Waals surface area contributed by atoms with E-state index < -0.39 is 5.97 Å². The second-order valence-electron chi connectivity index (χ2n) is 5.67. The van der Waals surface area contributed by atoms with Crippen LogP contribution in [0, 0.1) is 18.8 Å². The van der Waals surface area contributed by atoms with Gasteiger partial charge in [0.05, 0.1) is 0 Å². The van der Waals surface area contributed by atoms with Gasteiger partial charge in [0.25, 0.3) is 0 Å². The summed E-state index contributed by atoms with van der Waals surface area (Å²) in [5, 5.41) is 12.4. The lowest BCUT2D eigenvalue weighted by molar-refractivity contribution is 0.0697. The fourth-order valence-electron chi connectivity index (χ4n) is 2.85. The lowest BCUT2D eigenvalue weighted by Crippen LogP contribution is -2.22. The van der Waals surface area contributed by atoms with Gasteiger partial charge < -0.3 is 10.4 Å². The van der Waals surface area contributed by atoms with E-state index in [-0.39, 0.29) is 5.56 Å². The van der Waals surface area contributed by atoms with Crippen molar-refractivity contribution in [2.75, 3.05) is 11.9 Å². The standard InChI is InChI=1S/C15H22N2O2/c1-10-4-3-5-12(8-10)9-16-14-13(15(18)19)7-6-11(2)17-14/h6-7,10,12H,3-5,8-9H2,1-2H3,(H,16,17)(H,18,19). The molecule has 104 valence electrons. The van der Waals surface area contributed by atoms with Gasteiger partial charge in [-0.05, 0) is 43.7 Å². The Morgan fingerprint density at radius 1 is 1.47 bits per heavy atom. The zero-order valence-electron chi connectivity index (χ0n) is 11.6. The van der Waals surface area contributed by atoms with Crippen molar-refractivity contribution in [2.45, 2.75) is 39.5 Å². The first-order valence-electron chi connectivity index (χ1n) is 7.01. The van der Waals surface area contributed by atoms with Gasteiger partial charge in [-0.1, -0.05) is 19.8 Å². The van der Waals surface area contributed by atoms with Crippen LogP contribution >= 0.6 is 0 Å². The predicted molar refractivity (Wildman–Crippen MR) is 75.5 cm³/mol.